The number of hydrogen-bond donors (Lipinski definition) is 0. The summed E-state index contributed by atoms with van der Waals surface area (Å²) in [5.74, 6) is 0. The number of halogens is 2. The van der Waals surface area contributed by atoms with Crippen molar-refractivity contribution in [2.24, 2.45) is 0 Å². The summed E-state index contributed by atoms with van der Waals surface area (Å²) in [7, 11) is 0. The Labute approximate surface area is 127 Å². The van der Waals surface area contributed by atoms with Crippen molar-refractivity contribution in [3.63, 3.8) is 0 Å². The predicted molar refractivity (Wildman–Crippen MR) is 54.6 cm³/mol. The molecule has 0 fully saturated rings. The molecule has 0 nitrogen and oxygen atoms in total. The molecule has 0 bridgehead atoms. The molecule has 0 amide bonds. The molecule has 2 aromatic carbocycles. The summed E-state index contributed by atoms with van der Waals surface area (Å²) in [6.45, 7) is 0. The molecule has 3 rings (SSSR count). The van der Waals surface area contributed by atoms with Crippen molar-refractivity contribution < 1.29 is 51.0 Å². The first-order valence-electron chi connectivity index (χ1n) is 4.53. The van der Waals surface area contributed by atoms with E-state index in [1.165, 1.54) is 21.9 Å². The Kier molecular flexibility index (Phi) is 6.55. The van der Waals surface area contributed by atoms with Crippen LogP contribution in [-0.4, -0.2) is 0 Å². The van der Waals surface area contributed by atoms with Crippen molar-refractivity contribution in [2.75, 3.05) is 0 Å². The third kappa shape index (κ3) is 2.77. The van der Waals surface area contributed by atoms with Gasteiger partial charge in [0.05, 0.1) is 0 Å². The van der Waals surface area contributed by atoms with Crippen molar-refractivity contribution in [1.29, 1.82) is 0 Å². The molecule has 0 saturated heterocycles. The van der Waals surface area contributed by atoms with Crippen LogP contribution < -0.4 is 24.8 Å². The van der Waals surface area contributed by atoms with Crippen LogP contribution in [0, 0.1) is 6.08 Å². The van der Waals surface area contributed by atoms with Gasteiger partial charge in [-0.1, -0.05) is 36.1 Å². The number of hydrogen-bond acceptors (Lipinski definition) is 0. The van der Waals surface area contributed by atoms with E-state index in [1.54, 1.807) is 0 Å². The van der Waals surface area contributed by atoms with Gasteiger partial charge in [-0.15, -0.1) is 11.6 Å². The number of benzene rings is 2. The molecule has 0 atom stereocenters. The van der Waals surface area contributed by atoms with E-state index in [0.717, 1.165) is 6.42 Å². The Morgan fingerprint density at radius 3 is 2.25 bits per heavy atom. The van der Waals surface area contributed by atoms with Crippen molar-refractivity contribution in [2.45, 2.75) is 6.42 Å². The minimum atomic E-state index is 0. The fraction of sp³-hybridized carbons (Fsp3) is 0.0769. The second-order valence-electron chi connectivity index (χ2n) is 3.41. The zero-order valence-corrected chi connectivity index (χ0v) is 12.5. The number of allylic oxidation sites excluding steroid dienone is 1. The zero-order chi connectivity index (χ0) is 8.67. The molecule has 79 valence electrons. The van der Waals surface area contributed by atoms with Crippen LogP contribution in [0.25, 0.3) is 10.8 Å². The first-order valence-corrected chi connectivity index (χ1v) is 4.53. The second-order valence-corrected chi connectivity index (χ2v) is 3.41. The molecule has 16 heavy (non-hydrogen) atoms. The van der Waals surface area contributed by atoms with Crippen molar-refractivity contribution in [1.82, 2.24) is 0 Å². The van der Waals surface area contributed by atoms with E-state index >= 15 is 0 Å². The molecule has 0 aliphatic heterocycles. The quantitative estimate of drug-likeness (QED) is 0.456. The summed E-state index contributed by atoms with van der Waals surface area (Å²) in [5.41, 5.74) is 2.66. The molecule has 0 spiro atoms. The molecule has 0 aromatic heterocycles. The third-order valence-electron chi connectivity index (χ3n) is 2.55. The maximum Gasteiger partial charge on any atom is 3.00 e. The van der Waals surface area contributed by atoms with Crippen molar-refractivity contribution in [3.8, 4) is 0 Å². The van der Waals surface area contributed by atoms with E-state index in [2.05, 4.69) is 48.6 Å². The van der Waals surface area contributed by atoms with Crippen LogP contribution >= 0.6 is 0 Å². The summed E-state index contributed by atoms with van der Waals surface area (Å²) in [6.07, 6.45) is 6.41. The van der Waals surface area contributed by atoms with E-state index in [9.17, 15) is 0 Å². The topological polar surface area (TPSA) is 0 Å². The van der Waals surface area contributed by atoms with E-state index in [4.69, 9.17) is 0 Å². The fourth-order valence-electron chi connectivity index (χ4n) is 1.86. The van der Waals surface area contributed by atoms with E-state index < -0.39 is 0 Å². The summed E-state index contributed by atoms with van der Waals surface area (Å²) in [6, 6.07) is 13.0. The second kappa shape index (κ2) is 6.59. The first-order chi connectivity index (χ1) is 6.43. The van der Waals surface area contributed by atoms with Gasteiger partial charge in [0.15, 0.2) is 0 Å². The minimum absolute atomic E-state index is 0. The Hall–Kier alpha value is -0.0969. The molecule has 0 N–H and O–H groups in total. The van der Waals surface area contributed by atoms with Crippen molar-refractivity contribution in [3.05, 3.63) is 59.7 Å². The molecular weight excluding hydrogens is 318 g/mol. The van der Waals surface area contributed by atoms with Crippen LogP contribution in [0.2, 0.25) is 0 Å². The zero-order valence-electron chi connectivity index (χ0n) is 8.50. The smallest absolute Gasteiger partial charge is 1.00 e. The Bertz CT molecular complexity index is 506. The summed E-state index contributed by atoms with van der Waals surface area (Å²) in [5, 5.41) is 2.64. The molecule has 0 saturated carbocycles. The number of fused-ring (bicyclic) bond motifs is 2. The van der Waals surface area contributed by atoms with Crippen LogP contribution in [0.1, 0.15) is 11.1 Å². The van der Waals surface area contributed by atoms with Gasteiger partial charge in [-0.25, -0.2) is 0 Å². The molecule has 1 aliphatic rings. The monoisotopic (exact) mass is 325 g/mol. The van der Waals surface area contributed by atoms with Crippen LogP contribution in [-0.2, 0) is 32.6 Å². The molecule has 0 heterocycles. The van der Waals surface area contributed by atoms with Gasteiger partial charge >= 0.3 is 26.2 Å². The largest absolute Gasteiger partial charge is 3.00 e. The van der Waals surface area contributed by atoms with Gasteiger partial charge in [-0.05, 0) is 5.39 Å². The van der Waals surface area contributed by atoms with Gasteiger partial charge in [0.2, 0.25) is 0 Å². The molecule has 1 aliphatic carbocycles. The average Bonchev–Trinajstić information content (AvgIpc) is 2.61. The number of rotatable bonds is 0. The maximum absolute atomic E-state index is 3.27. The van der Waals surface area contributed by atoms with Gasteiger partial charge in [0.1, 0.15) is 0 Å². The van der Waals surface area contributed by atoms with Crippen molar-refractivity contribution >= 4 is 10.8 Å². The van der Waals surface area contributed by atoms with E-state index in [0.29, 0.717) is 0 Å². The van der Waals surface area contributed by atoms with Crippen LogP contribution in [0.3, 0.4) is 0 Å². The summed E-state index contributed by atoms with van der Waals surface area (Å²) in [4.78, 5) is 0. The SMILES string of the molecule is [C-]1=CCc2cc3ccccc3cc21.[Cl-].[Cl-].[Zr+3]. The maximum atomic E-state index is 3.27. The molecule has 2 aromatic rings. The summed E-state index contributed by atoms with van der Waals surface area (Å²) < 4.78 is 0. The average molecular weight is 327 g/mol. The van der Waals surface area contributed by atoms with Crippen LogP contribution in [0.15, 0.2) is 42.5 Å². The summed E-state index contributed by atoms with van der Waals surface area (Å²) >= 11 is 0. The van der Waals surface area contributed by atoms with Gasteiger partial charge in [-0.3, -0.25) is 0 Å². The molecule has 3 heteroatoms. The molecular formula is C13H9Cl2Zr. The van der Waals surface area contributed by atoms with Gasteiger partial charge in [0.25, 0.3) is 0 Å². The Balaban J connectivity index is 0.000000750. The predicted octanol–water partition coefficient (Wildman–Crippen LogP) is -2.89. The van der Waals surface area contributed by atoms with Crippen LogP contribution in [0.5, 0.6) is 0 Å². The Morgan fingerprint density at radius 2 is 1.56 bits per heavy atom. The normalized spacial score (nSPS) is 11.0. The third-order valence-corrected chi connectivity index (χ3v) is 2.55. The Morgan fingerprint density at radius 1 is 0.938 bits per heavy atom. The standard InChI is InChI=1S/C13H9.2ClH.Zr/c1-2-5-11-9-13-7-3-6-12(13)8-10(11)4-1;;;/h1-5,8-9H,6H2;2*1H;/q-1;;;+3/p-2. The van der Waals surface area contributed by atoms with Crippen LogP contribution in [0.4, 0.5) is 0 Å². The van der Waals surface area contributed by atoms with Gasteiger partial charge in [0, 0.05) is 0 Å². The van der Waals surface area contributed by atoms with E-state index in [-0.39, 0.29) is 51.0 Å². The van der Waals surface area contributed by atoms with Gasteiger partial charge < -0.3 is 24.8 Å². The fourth-order valence-corrected chi connectivity index (χ4v) is 1.86. The molecule has 1 radical (unpaired) electrons. The molecule has 0 unspecified atom stereocenters. The van der Waals surface area contributed by atoms with E-state index in [1.807, 2.05) is 0 Å². The van der Waals surface area contributed by atoms with Gasteiger partial charge in [-0.2, -0.15) is 23.8 Å². The minimum Gasteiger partial charge on any atom is -1.00 e. The first kappa shape index (κ1) is 15.9.